The molecule has 3 rings (SSSR count). The fraction of sp³-hybridized carbons (Fsp3) is 0.278. The molecule has 1 amide bonds. The zero-order chi connectivity index (χ0) is 18.1. The third-order valence-electron chi connectivity index (χ3n) is 4.32. The van der Waals surface area contributed by atoms with E-state index in [0.29, 0.717) is 17.1 Å². The Morgan fingerprint density at radius 3 is 2.64 bits per heavy atom. The zero-order valence-corrected chi connectivity index (χ0v) is 15.4. The molecule has 0 aliphatic carbocycles. The van der Waals surface area contributed by atoms with E-state index in [1.165, 1.54) is 0 Å². The lowest BCUT2D eigenvalue weighted by molar-refractivity contribution is 0.102. The summed E-state index contributed by atoms with van der Waals surface area (Å²) >= 11 is 6.05. The number of hydrogen-bond acceptors (Lipinski definition) is 3. The first-order valence-electron chi connectivity index (χ1n) is 7.95. The average molecular weight is 358 g/mol. The molecular weight excluding hydrogens is 338 g/mol. The lowest BCUT2D eigenvalue weighted by Crippen LogP contribution is -2.14. The first-order chi connectivity index (χ1) is 11.9. The Hall–Kier alpha value is -2.60. The maximum absolute atomic E-state index is 12.5. The number of benzene rings is 1. The molecule has 1 aromatic carbocycles. The van der Waals surface area contributed by atoms with E-state index in [2.05, 4.69) is 15.5 Å². The van der Waals surface area contributed by atoms with Crippen molar-refractivity contribution in [2.24, 2.45) is 7.05 Å². The Kier molecular flexibility index (Phi) is 4.63. The van der Waals surface area contributed by atoms with Crippen molar-refractivity contribution in [1.29, 1.82) is 0 Å². The van der Waals surface area contributed by atoms with Gasteiger partial charge < -0.3 is 5.32 Å². The van der Waals surface area contributed by atoms with Crippen LogP contribution in [0, 0.1) is 20.8 Å². The standard InChI is InChI=1S/C18H20ClN5O/c1-11-17(21-18(25)16-9-20-23(4)12(16)2)13(3)24(22-11)10-14-6-5-7-15(19)8-14/h5-9H,10H2,1-4H3,(H,21,25). The Morgan fingerprint density at radius 2 is 2.00 bits per heavy atom. The number of halogens is 1. The second-order valence-corrected chi connectivity index (χ2v) is 6.49. The molecule has 0 aliphatic heterocycles. The quantitative estimate of drug-likeness (QED) is 0.777. The predicted octanol–water partition coefficient (Wildman–Crippen LogP) is 3.50. The van der Waals surface area contributed by atoms with Crippen LogP contribution in [0.25, 0.3) is 0 Å². The topological polar surface area (TPSA) is 64.7 Å². The monoisotopic (exact) mass is 357 g/mol. The van der Waals surface area contributed by atoms with Crippen LogP contribution in [0.5, 0.6) is 0 Å². The van der Waals surface area contributed by atoms with Gasteiger partial charge in [-0.1, -0.05) is 23.7 Å². The fourth-order valence-corrected chi connectivity index (χ4v) is 2.96. The number of amides is 1. The van der Waals surface area contributed by atoms with Crippen LogP contribution < -0.4 is 5.32 Å². The van der Waals surface area contributed by atoms with Gasteiger partial charge in [0.05, 0.1) is 35.4 Å². The van der Waals surface area contributed by atoms with Crippen molar-refractivity contribution < 1.29 is 4.79 Å². The summed E-state index contributed by atoms with van der Waals surface area (Å²) in [7, 11) is 1.81. The fourth-order valence-electron chi connectivity index (χ4n) is 2.74. The van der Waals surface area contributed by atoms with Gasteiger partial charge in [-0.3, -0.25) is 14.2 Å². The Balaban J connectivity index is 1.84. The summed E-state index contributed by atoms with van der Waals surface area (Å²) < 4.78 is 3.55. The van der Waals surface area contributed by atoms with E-state index in [0.717, 1.165) is 28.3 Å². The molecule has 7 heteroatoms. The number of hydrogen-bond donors (Lipinski definition) is 1. The second-order valence-electron chi connectivity index (χ2n) is 6.05. The van der Waals surface area contributed by atoms with Gasteiger partial charge in [-0.15, -0.1) is 0 Å². The van der Waals surface area contributed by atoms with Crippen molar-refractivity contribution >= 4 is 23.2 Å². The summed E-state index contributed by atoms with van der Waals surface area (Å²) in [4.78, 5) is 12.5. The van der Waals surface area contributed by atoms with E-state index >= 15 is 0 Å². The van der Waals surface area contributed by atoms with E-state index in [4.69, 9.17) is 11.6 Å². The van der Waals surface area contributed by atoms with E-state index in [1.54, 1.807) is 10.9 Å². The molecule has 0 radical (unpaired) electrons. The summed E-state index contributed by atoms with van der Waals surface area (Å²) in [5.74, 6) is -0.181. The predicted molar refractivity (Wildman–Crippen MR) is 98.2 cm³/mol. The van der Waals surface area contributed by atoms with E-state index in [-0.39, 0.29) is 5.91 Å². The average Bonchev–Trinajstić information content (AvgIpc) is 3.02. The van der Waals surface area contributed by atoms with Crippen LogP contribution in [0.1, 0.15) is 33.0 Å². The van der Waals surface area contributed by atoms with E-state index in [1.807, 2.05) is 56.8 Å². The summed E-state index contributed by atoms with van der Waals surface area (Å²) in [5, 5.41) is 12.3. The highest BCUT2D eigenvalue weighted by Gasteiger charge is 2.18. The molecular formula is C18H20ClN5O. The molecule has 0 aliphatic rings. The number of nitrogens with zero attached hydrogens (tertiary/aromatic N) is 4. The van der Waals surface area contributed by atoms with Gasteiger partial charge in [0.1, 0.15) is 0 Å². The smallest absolute Gasteiger partial charge is 0.259 e. The molecule has 1 N–H and O–H groups in total. The highest BCUT2D eigenvalue weighted by molar-refractivity contribution is 6.30. The Labute approximate surface area is 151 Å². The molecule has 0 atom stereocenters. The lowest BCUT2D eigenvalue weighted by Gasteiger charge is -2.07. The van der Waals surface area contributed by atoms with Crippen molar-refractivity contribution in [3.8, 4) is 0 Å². The Morgan fingerprint density at radius 1 is 1.24 bits per heavy atom. The minimum atomic E-state index is -0.181. The summed E-state index contributed by atoms with van der Waals surface area (Å²) in [5.41, 5.74) is 4.83. The van der Waals surface area contributed by atoms with Crippen LogP contribution in [0.15, 0.2) is 30.5 Å². The first kappa shape index (κ1) is 17.2. The first-order valence-corrected chi connectivity index (χ1v) is 8.33. The molecule has 3 aromatic rings. The number of aryl methyl sites for hydroxylation is 2. The molecule has 6 nitrogen and oxygen atoms in total. The van der Waals surface area contributed by atoms with Gasteiger partial charge in [0.2, 0.25) is 0 Å². The third kappa shape index (κ3) is 3.44. The molecule has 25 heavy (non-hydrogen) atoms. The van der Waals surface area contributed by atoms with E-state index in [9.17, 15) is 4.79 Å². The van der Waals surface area contributed by atoms with Gasteiger partial charge in [0, 0.05) is 17.8 Å². The molecule has 2 heterocycles. The van der Waals surface area contributed by atoms with Crippen molar-refractivity contribution in [3.05, 3.63) is 63.7 Å². The van der Waals surface area contributed by atoms with Crippen LogP contribution >= 0.6 is 11.6 Å². The minimum Gasteiger partial charge on any atom is -0.319 e. The van der Waals surface area contributed by atoms with Crippen LogP contribution in [0.2, 0.25) is 5.02 Å². The van der Waals surface area contributed by atoms with Crippen molar-refractivity contribution in [1.82, 2.24) is 19.6 Å². The van der Waals surface area contributed by atoms with Gasteiger partial charge in [-0.2, -0.15) is 10.2 Å². The van der Waals surface area contributed by atoms with Crippen LogP contribution in [-0.4, -0.2) is 25.5 Å². The van der Waals surface area contributed by atoms with Gasteiger partial charge in [0.15, 0.2) is 0 Å². The summed E-state index contributed by atoms with van der Waals surface area (Å²) in [6.45, 7) is 6.28. The molecule has 2 aromatic heterocycles. The molecule has 0 unspecified atom stereocenters. The van der Waals surface area contributed by atoms with E-state index < -0.39 is 0 Å². The third-order valence-corrected chi connectivity index (χ3v) is 4.56. The van der Waals surface area contributed by atoms with Gasteiger partial charge in [-0.05, 0) is 38.5 Å². The largest absolute Gasteiger partial charge is 0.319 e. The number of anilines is 1. The van der Waals surface area contributed by atoms with Crippen LogP contribution in [0.3, 0.4) is 0 Å². The van der Waals surface area contributed by atoms with Crippen molar-refractivity contribution in [3.63, 3.8) is 0 Å². The van der Waals surface area contributed by atoms with Gasteiger partial charge >= 0.3 is 0 Å². The highest BCUT2D eigenvalue weighted by atomic mass is 35.5. The minimum absolute atomic E-state index is 0.181. The lowest BCUT2D eigenvalue weighted by atomic mass is 10.2. The number of aromatic nitrogens is 4. The Bertz CT molecular complexity index is 941. The molecule has 0 saturated heterocycles. The number of rotatable bonds is 4. The van der Waals surface area contributed by atoms with Crippen LogP contribution in [0.4, 0.5) is 5.69 Å². The molecule has 130 valence electrons. The van der Waals surface area contributed by atoms with Gasteiger partial charge in [-0.25, -0.2) is 0 Å². The van der Waals surface area contributed by atoms with Crippen molar-refractivity contribution in [2.75, 3.05) is 5.32 Å². The summed E-state index contributed by atoms with van der Waals surface area (Å²) in [6.07, 6.45) is 1.58. The van der Waals surface area contributed by atoms with Gasteiger partial charge in [0.25, 0.3) is 5.91 Å². The molecule has 0 saturated carbocycles. The van der Waals surface area contributed by atoms with Crippen molar-refractivity contribution in [2.45, 2.75) is 27.3 Å². The van der Waals surface area contributed by atoms with Crippen LogP contribution in [-0.2, 0) is 13.6 Å². The SMILES string of the molecule is Cc1nn(Cc2cccc(Cl)c2)c(C)c1NC(=O)c1cnn(C)c1C. The summed E-state index contributed by atoms with van der Waals surface area (Å²) in [6, 6.07) is 7.67. The number of nitrogens with one attached hydrogen (secondary N) is 1. The molecule has 0 fully saturated rings. The zero-order valence-electron chi connectivity index (χ0n) is 14.7. The highest BCUT2D eigenvalue weighted by Crippen LogP contribution is 2.22. The second kappa shape index (κ2) is 6.72. The number of carbonyl (C=O) groups is 1. The maximum atomic E-state index is 12.5. The molecule has 0 bridgehead atoms. The maximum Gasteiger partial charge on any atom is 0.259 e. The molecule has 0 spiro atoms. The number of carbonyl (C=O) groups excluding carboxylic acids is 1. The normalized spacial score (nSPS) is 10.9.